The van der Waals surface area contributed by atoms with Crippen molar-refractivity contribution in [3.8, 4) is 0 Å². The van der Waals surface area contributed by atoms with Crippen LogP contribution in [0.4, 0.5) is 8.78 Å². The molecule has 5 heteroatoms. The first kappa shape index (κ1) is 13.1. The molecule has 0 fully saturated rings. The molecule has 0 spiro atoms. The zero-order chi connectivity index (χ0) is 14.3. The molecule has 0 saturated carbocycles. The Morgan fingerprint density at radius 1 is 1.00 bits per heavy atom. The third-order valence-electron chi connectivity index (χ3n) is 3.02. The molecule has 0 aliphatic carbocycles. The van der Waals surface area contributed by atoms with Crippen LogP contribution in [0.25, 0.3) is 11.0 Å². The quantitative estimate of drug-likeness (QED) is 0.757. The summed E-state index contributed by atoms with van der Waals surface area (Å²) in [5, 5.41) is 10.9. The normalized spacial score (nSPS) is 12.8. The third-order valence-corrected chi connectivity index (χ3v) is 3.35. The van der Waals surface area contributed by atoms with Gasteiger partial charge in [-0.2, -0.15) is 0 Å². The Bertz CT molecular complexity index is 783. The van der Waals surface area contributed by atoms with Crippen LogP contribution in [0.2, 0.25) is 5.02 Å². The number of hydrogen-bond acceptors (Lipinski definition) is 2. The lowest BCUT2D eigenvalue weighted by atomic mass is 10.1. The van der Waals surface area contributed by atoms with E-state index in [0.29, 0.717) is 16.5 Å². The predicted octanol–water partition coefficient (Wildman–Crippen LogP) is 4.45. The topological polar surface area (TPSA) is 33.4 Å². The Hall–Kier alpha value is -1.91. The fraction of sp³-hybridized carbons (Fsp3) is 0.0667. The number of fused-ring (bicyclic) bond motifs is 1. The highest BCUT2D eigenvalue weighted by molar-refractivity contribution is 6.31. The Balaban J connectivity index is 2.05. The molecule has 1 aromatic heterocycles. The summed E-state index contributed by atoms with van der Waals surface area (Å²) >= 11 is 5.90. The van der Waals surface area contributed by atoms with Gasteiger partial charge in [0.1, 0.15) is 29.1 Å². The predicted molar refractivity (Wildman–Crippen MR) is 71.6 cm³/mol. The van der Waals surface area contributed by atoms with Crippen LogP contribution in [0.5, 0.6) is 0 Å². The summed E-state index contributed by atoms with van der Waals surface area (Å²) in [6, 6.07) is 9.29. The van der Waals surface area contributed by atoms with Crippen LogP contribution in [0.1, 0.15) is 17.4 Å². The van der Waals surface area contributed by atoms with Crippen molar-refractivity contribution in [2.45, 2.75) is 6.10 Å². The van der Waals surface area contributed by atoms with Crippen LogP contribution in [-0.2, 0) is 0 Å². The average Bonchev–Trinajstić information content (AvgIpc) is 2.81. The van der Waals surface area contributed by atoms with Crippen molar-refractivity contribution in [1.29, 1.82) is 0 Å². The standard InChI is InChI=1S/C15H9ClF2O2/c16-12-7-10(18)1-3-11(12)15(19)14-6-8-5-9(17)2-4-13(8)20-14/h1-7,15,19H. The number of benzene rings is 2. The maximum absolute atomic E-state index is 13.1. The maximum atomic E-state index is 13.1. The van der Waals surface area contributed by atoms with Crippen LogP contribution < -0.4 is 0 Å². The molecule has 1 atom stereocenters. The average molecular weight is 295 g/mol. The van der Waals surface area contributed by atoms with Crippen molar-refractivity contribution in [1.82, 2.24) is 0 Å². The Kier molecular flexibility index (Phi) is 3.20. The third kappa shape index (κ3) is 2.28. The minimum Gasteiger partial charge on any atom is -0.458 e. The lowest BCUT2D eigenvalue weighted by Gasteiger charge is -2.09. The first-order valence-corrected chi connectivity index (χ1v) is 6.24. The van der Waals surface area contributed by atoms with Gasteiger partial charge in [-0.25, -0.2) is 8.78 Å². The first-order valence-electron chi connectivity index (χ1n) is 5.86. The summed E-state index contributed by atoms with van der Waals surface area (Å²) in [5.41, 5.74) is 0.784. The van der Waals surface area contributed by atoms with Crippen LogP contribution in [-0.4, -0.2) is 5.11 Å². The number of aliphatic hydroxyl groups excluding tert-OH is 1. The molecule has 0 radical (unpaired) electrons. The molecule has 0 amide bonds. The molecule has 0 saturated heterocycles. The minimum atomic E-state index is -1.14. The van der Waals surface area contributed by atoms with Gasteiger partial charge in [0.15, 0.2) is 0 Å². The van der Waals surface area contributed by atoms with Crippen LogP contribution >= 0.6 is 11.6 Å². The number of hydrogen-bond donors (Lipinski definition) is 1. The smallest absolute Gasteiger partial charge is 0.138 e. The van der Waals surface area contributed by atoms with Gasteiger partial charge in [0.05, 0.1) is 0 Å². The lowest BCUT2D eigenvalue weighted by Crippen LogP contribution is -1.99. The molecular formula is C15H9ClF2O2. The number of halogens is 3. The summed E-state index contributed by atoms with van der Waals surface area (Å²) in [5.74, 6) is -0.657. The summed E-state index contributed by atoms with van der Waals surface area (Å²) in [6.45, 7) is 0. The largest absolute Gasteiger partial charge is 0.458 e. The molecule has 3 aromatic rings. The van der Waals surface area contributed by atoms with E-state index in [4.69, 9.17) is 16.0 Å². The van der Waals surface area contributed by atoms with Crippen LogP contribution in [0, 0.1) is 11.6 Å². The fourth-order valence-electron chi connectivity index (χ4n) is 2.05. The second-order valence-corrected chi connectivity index (χ2v) is 4.81. The molecule has 0 bridgehead atoms. The maximum Gasteiger partial charge on any atom is 0.138 e. The Morgan fingerprint density at radius 2 is 1.70 bits per heavy atom. The van der Waals surface area contributed by atoms with Gasteiger partial charge in [0, 0.05) is 16.0 Å². The van der Waals surface area contributed by atoms with Gasteiger partial charge in [0.2, 0.25) is 0 Å². The van der Waals surface area contributed by atoms with Crippen molar-refractivity contribution in [2.75, 3.05) is 0 Å². The van der Waals surface area contributed by atoms with E-state index in [-0.39, 0.29) is 16.6 Å². The molecule has 2 nitrogen and oxygen atoms in total. The molecule has 1 unspecified atom stereocenters. The lowest BCUT2D eigenvalue weighted by molar-refractivity contribution is 0.192. The molecule has 0 aliphatic rings. The van der Waals surface area contributed by atoms with Crippen molar-refractivity contribution < 1.29 is 18.3 Å². The monoisotopic (exact) mass is 294 g/mol. The van der Waals surface area contributed by atoms with Crippen molar-refractivity contribution in [2.24, 2.45) is 0 Å². The zero-order valence-electron chi connectivity index (χ0n) is 10.1. The second kappa shape index (κ2) is 4.89. The van der Waals surface area contributed by atoms with Crippen molar-refractivity contribution in [3.63, 3.8) is 0 Å². The molecule has 20 heavy (non-hydrogen) atoms. The van der Waals surface area contributed by atoms with E-state index in [1.165, 1.54) is 36.4 Å². The van der Waals surface area contributed by atoms with Gasteiger partial charge in [0.25, 0.3) is 0 Å². The molecule has 1 N–H and O–H groups in total. The van der Waals surface area contributed by atoms with Gasteiger partial charge in [-0.3, -0.25) is 0 Å². The number of furan rings is 1. The van der Waals surface area contributed by atoms with E-state index in [0.717, 1.165) is 6.07 Å². The highest BCUT2D eigenvalue weighted by Gasteiger charge is 2.18. The van der Waals surface area contributed by atoms with Gasteiger partial charge in [-0.1, -0.05) is 17.7 Å². The molecule has 0 aliphatic heterocycles. The summed E-state index contributed by atoms with van der Waals surface area (Å²) in [6.07, 6.45) is -1.14. The van der Waals surface area contributed by atoms with Gasteiger partial charge < -0.3 is 9.52 Å². The zero-order valence-corrected chi connectivity index (χ0v) is 10.9. The van der Waals surface area contributed by atoms with Gasteiger partial charge in [-0.15, -0.1) is 0 Å². The number of rotatable bonds is 2. The van der Waals surface area contributed by atoms with E-state index >= 15 is 0 Å². The molecule has 1 heterocycles. The van der Waals surface area contributed by atoms with Crippen LogP contribution in [0.15, 0.2) is 46.9 Å². The van der Waals surface area contributed by atoms with E-state index in [1.807, 2.05) is 0 Å². The van der Waals surface area contributed by atoms with E-state index in [1.54, 1.807) is 0 Å². The SMILES string of the molecule is OC(c1cc2cc(F)ccc2o1)c1ccc(F)cc1Cl. The fourth-order valence-corrected chi connectivity index (χ4v) is 2.32. The van der Waals surface area contributed by atoms with Crippen molar-refractivity contribution in [3.05, 3.63) is 70.4 Å². The first-order chi connectivity index (χ1) is 9.54. The Morgan fingerprint density at radius 3 is 2.45 bits per heavy atom. The summed E-state index contributed by atoms with van der Waals surface area (Å²) in [7, 11) is 0. The number of aliphatic hydroxyl groups is 1. The van der Waals surface area contributed by atoms with E-state index < -0.39 is 11.9 Å². The molecule has 2 aromatic carbocycles. The minimum absolute atomic E-state index is 0.101. The van der Waals surface area contributed by atoms with Crippen LogP contribution in [0.3, 0.4) is 0 Å². The van der Waals surface area contributed by atoms with E-state index in [9.17, 15) is 13.9 Å². The molecular weight excluding hydrogens is 286 g/mol. The van der Waals surface area contributed by atoms with Crippen molar-refractivity contribution >= 4 is 22.6 Å². The highest BCUT2D eigenvalue weighted by atomic mass is 35.5. The molecule has 102 valence electrons. The summed E-state index contributed by atoms with van der Waals surface area (Å²) < 4.78 is 31.6. The van der Waals surface area contributed by atoms with Gasteiger partial charge in [-0.05, 0) is 36.4 Å². The molecule has 3 rings (SSSR count). The Labute approximate surface area is 118 Å². The van der Waals surface area contributed by atoms with E-state index in [2.05, 4.69) is 0 Å². The van der Waals surface area contributed by atoms with Gasteiger partial charge >= 0.3 is 0 Å². The second-order valence-electron chi connectivity index (χ2n) is 4.40. The summed E-state index contributed by atoms with van der Waals surface area (Å²) in [4.78, 5) is 0. The highest BCUT2D eigenvalue weighted by Crippen LogP contribution is 2.32.